The molecule has 1 heterocycles. The van der Waals surface area contributed by atoms with Gasteiger partial charge in [0.1, 0.15) is 10.5 Å². The smallest absolute Gasteiger partial charge is 0.270 e. The molecular formula is C11H9N3O2S. The number of nitro groups is 1. The summed E-state index contributed by atoms with van der Waals surface area (Å²) in [7, 11) is 0. The van der Waals surface area contributed by atoms with Gasteiger partial charge < -0.3 is 4.98 Å². The van der Waals surface area contributed by atoms with Crippen molar-refractivity contribution >= 4 is 17.9 Å². The summed E-state index contributed by atoms with van der Waals surface area (Å²) >= 11 is 5.01. The molecule has 0 saturated heterocycles. The first kappa shape index (κ1) is 11.4. The standard InChI is InChI=1S/C11H9N3O2S/c1-7-12-10(6-11(17)13-7)8-3-2-4-9(5-8)14(15)16/h2-6H,1H3,(H,12,13,17). The van der Waals surface area contributed by atoms with Crippen LogP contribution in [0, 0.1) is 21.7 Å². The molecule has 0 amide bonds. The Balaban J connectivity index is 2.56. The second-order valence-electron chi connectivity index (χ2n) is 3.53. The minimum atomic E-state index is -0.424. The molecule has 0 unspecified atom stereocenters. The number of aromatic amines is 1. The molecule has 0 spiro atoms. The zero-order valence-electron chi connectivity index (χ0n) is 9.01. The van der Waals surface area contributed by atoms with Gasteiger partial charge in [0.25, 0.3) is 5.69 Å². The van der Waals surface area contributed by atoms with Crippen LogP contribution in [0.5, 0.6) is 0 Å². The van der Waals surface area contributed by atoms with Crippen LogP contribution in [0.15, 0.2) is 30.3 Å². The van der Waals surface area contributed by atoms with E-state index in [9.17, 15) is 10.1 Å². The predicted molar refractivity (Wildman–Crippen MR) is 66.2 cm³/mol. The third-order valence-electron chi connectivity index (χ3n) is 2.23. The maximum absolute atomic E-state index is 10.7. The molecule has 0 saturated carbocycles. The van der Waals surface area contributed by atoms with E-state index in [4.69, 9.17) is 12.2 Å². The topological polar surface area (TPSA) is 71.8 Å². The van der Waals surface area contributed by atoms with Gasteiger partial charge in [0, 0.05) is 23.4 Å². The van der Waals surface area contributed by atoms with Crippen LogP contribution in [0.3, 0.4) is 0 Å². The van der Waals surface area contributed by atoms with E-state index in [1.54, 1.807) is 25.1 Å². The van der Waals surface area contributed by atoms with Gasteiger partial charge in [-0.25, -0.2) is 4.98 Å². The number of rotatable bonds is 2. The van der Waals surface area contributed by atoms with E-state index in [2.05, 4.69) is 9.97 Å². The van der Waals surface area contributed by atoms with Crippen molar-refractivity contribution in [2.24, 2.45) is 0 Å². The van der Waals surface area contributed by atoms with E-state index >= 15 is 0 Å². The highest BCUT2D eigenvalue weighted by Crippen LogP contribution is 2.22. The lowest BCUT2D eigenvalue weighted by molar-refractivity contribution is -0.384. The summed E-state index contributed by atoms with van der Waals surface area (Å²) in [5.41, 5.74) is 1.50. The molecule has 17 heavy (non-hydrogen) atoms. The molecule has 0 bridgehead atoms. The van der Waals surface area contributed by atoms with E-state index in [1.165, 1.54) is 12.1 Å². The molecule has 0 aliphatic carbocycles. The van der Waals surface area contributed by atoms with Gasteiger partial charge in [-0.3, -0.25) is 10.1 Å². The summed E-state index contributed by atoms with van der Waals surface area (Å²) in [6, 6.07) is 8.06. The average molecular weight is 247 g/mol. The van der Waals surface area contributed by atoms with Crippen LogP contribution in [-0.4, -0.2) is 14.9 Å². The third-order valence-corrected chi connectivity index (χ3v) is 2.44. The molecule has 2 aromatic rings. The Morgan fingerprint density at radius 1 is 1.41 bits per heavy atom. The van der Waals surface area contributed by atoms with Crippen molar-refractivity contribution in [3.8, 4) is 11.3 Å². The zero-order chi connectivity index (χ0) is 12.4. The second kappa shape index (κ2) is 4.42. The van der Waals surface area contributed by atoms with Crippen molar-refractivity contribution in [2.45, 2.75) is 6.92 Å². The Morgan fingerprint density at radius 3 is 2.82 bits per heavy atom. The van der Waals surface area contributed by atoms with E-state index in [0.717, 1.165) is 11.3 Å². The monoisotopic (exact) mass is 247 g/mol. The minimum absolute atomic E-state index is 0.0521. The van der Waals surface area contributed by atoms with E-state index in [0.29, 0.717) is 10.5 Å². The van der Waals surface area contributed by atoms with Crippen LogP contribution in [-0.2, 0) is 0 Å². The lowest BCUT2D eigenvalue weighted by atomic mass is 10.1. The third kappa shape index (κ3) is 2.54. The molecule has 0 aliphatic rings. The predicted octanol–water partition coefficient (Wildman–Crippen LogP) is 3.02. The number of benzene rings is 1. The first-order valence-corrected chi connectivity index (χ1v) is 5.30. The summed E-state index contributed by atoms with van der Waals surface area (Å²) in [6.07, 6.45) is 0. The molecule has 0 atom stereocenters. The normalized spacial score (nSPS) is 10.2. The number of nitro benzene ring substituents is 1. The molecule has 1 N–H and O–H groups in total. The first-order valence-electron chi connectivity index (χ1n) is 4.89. The fraction of sp³-hybridized carbons (Fsp3) is 0.0909. The number of H-pyrrole nitrogens is 1. The van der Waals surface area contributed by atoms with Gasteiger partial charge >= 0.3 is 0 Å². The molecule has 1 aromatic heterocycles. The lowest BCUT2D eigenvalue weighted by Crippen LogP contribution is -1.93. The molecule has 1 aromatic carbocycles. The average Bonchev–Trinajstić information content (AvgIpc) is 2.28. The highest BCUT2D eigenvalue weighted by atomic mass is 32.1. The summed E-state index contributed by atoms with van der Waals surface area (Å²) in [5.74, 6) is 0.680. The molecule has 86 valence electrons. The second-order valence-corrected chi connectivity index (χ2v) is 3.94. The van der Waals surface area contributed by atoms with E-state index < -0.39 is 4.92 Å². The lowest BCUT2D eigenvalue weighted by Gasteiger charge is -2.03. The Bertz CT molecular complexity index is 637. The number of nitrogens with zero attached hydrogens (tertiary/aromatic N) is 2. The van der Waals surface area contributed by atoms with Crippen molar-refractivity contribution in [1.29, 1.82) is 0 Å². The van der Waals surface area contributed by atoms with Gasteiger partial charge in [-0.15, -0.1) is 0 Å². The van der Waals surface area contributed by atoms with Gasteiger partial charge in [-0.2, -0.15) is 0 Å². The summed E-state index contributed by atoms with van der Waals surface area (Å²) in [4.78, 5) is 17.3. The van der Waals surface area contributed by atoms with Crippen LogP contribution in [0.2, 0.25) is 0 Å². The number of hydrogen-bond acceptors (Lipinski definition) is 4. The maximum Gasteiger partial charge on any atom is 0.270 e. The number of nitrogens with one attached hydrogen (secondary N) is 1. The molecule has 2 rings (SSSR count). The Hall–Kier alpha value is -2.08. The van der Waals surface area contributed by atoms with Crippen molar-refractivity contribution in [2.75, 3.05) is 0 Å². The van der Waals surface area contributed by atoms with E-state index in [1.807, 2.05) is 0 Å². The minimum Gasteiger partial charge on any atom is -0.343 e. The van der Waals surface area contributed by atoms with E-state index in [-0.39, 0.29) is 5.69 Å². The van der Waals surface area contributed by atoms with Crippen molar-refractivity contribution in [3.63, 3.8) is 0 Å². The molecular weight excluding hydrogens is 238 g/mol. The first-order chi connectivity index (χ1) is 8.06. The number of non-ortho nitro benzene ring substituents is 1. The highest BCUT2D eigenvalue weighted by Gasteiger charge is 2.07. The Labute approximate surface area is 102 Å². The van der Waals surface area contributed by atoms with Gasteiger partial charge in [0.05, 0.1) is 4.92 Å². The van der Waals surface area contributed by atoms with Crippen LogP contribution in [0.1, 0.15) is 5.82 Å². The summed E-state index contributed by atoms with van der Waals surface area (Å²) in [5, 5.41) is 10.7. The molecule has 5 nitrogen and oxygen atoms in total. The molecule has 0 aliphatic heterocycles. The van der Waals surface area contributed by atoms with Crippen molar-refractivity contribution in [1.82, 2.24) is 9.97 Å². The Morgan fingerprint density at radius 2 is 2.18 bits per heavy atom. The highest BCUT2D eigenvalue weighted by molar-refractivity contribution is 7.71. The van der Waals surface area contributed by atoms with Crippen LogP contribution >= 0.6 is 12.2 Å². The van der Waals surface area contributed by atoms with Crippen LogP contribution in [0.25, 0.3) is 11.3 Å². The molecule has 0 fully saturated rings. The summed E-state index contributed by atoms with van der Waals surface area (Å²) in [6.45, 7) is 1.79. The van der Waals surface area contributed by atoms with Crippen LogP contribution < -0.4 is 0 Å². The molecule has 6 heteroatoms. The fourth-order valence-corrected chi connectivity index (χ4v) is 1.78. The SMILES string of the molecule is Cc1nc(=S)cc(-c2cccc([N+](=O)[O-])c2)[nH]1. The van der Waals surface area contributed by atoms with Gasteiger partial charge in [0.2, 0.25) is 0 Å². The number of hydrogen-bond donors (Lipinski definition) is 1. The van der Waals surface area contributed by atoms with Gasteiger partial charge in [0.15, 0.2) is 0 Å². The largest absolute Gasteiger partial charge is 0.343 e. The fourth-order valence-electron chi connectivity index (χ4n) is 1.52. The van der Waals surface area contributed by atoms with Crippen molar-refractivity contribution < 1.29 is 4.92 Å². The number of aryl methyl sites for hydroxylation is 1. The Kier molecular flexibility index (Phi) is 2.97. The van der Waals surface area contributed by atoms with Crippen molar-refractivity contribution in [3.05, 3.63) is 50.9 Å². The quantitative estimate of drug-likeness (QED) is 0.503. The maximum atomic E-state index is 10.7. The molecule has 0 radical (unpaired) electrons. The van der Waals surface area contributed by atoms with Gasteiger partial charge in [-0.05, 0) is 13.0 Å². The number of aromatic nitrogens is 2. The summed E-state index contributed by atoms with van der Waals surface area (Å²) < 4.78 is 0.461. The van der Waals surface area contributed by atoms with Crippen LogP contribution in [0.4, 0.5) is 5.69 Å². The zero-order valence-corrected chi connectivity index (χ0v) is 9.82. The van der Waals surface area contributed by atoms with Gasteiger partial charge in [-0.1, -0.05) is 24.4 Å².